The van der Waals surface area contributed by atoms with Gasteiger partial charge in [0.1, 0.15) is 11.4 Å². The summed E-state index contributed by atoms with van der Waals surface area (Å²) in [5, 5.41) is 18.3. The van der Waals surface area contributed by atoms with Crippen LogP contribution in [-0.4, -0.2) is 29.4 Å². The second-order valence-corrected chi connectivity index (χ2v) is 5.37. The Morgan fingerprint density at radius 2 is 2.16 bits per heavy atom. The SMILES string of the molecule is CCc1onc(C)c1NC(=O)NCC(C)(C)CCO. The largest absolute Gasteiger partial charge is 0.396 e. The van der Waals surface area contributed by atoms with Crippen LogP contribution in [0.25, 0.3) is 0 Å². The highest BCUT2D eigenvalue weighted by atomic mass is 16.5. The normalized spacial score (nSPS) is 11.4. The summed E-state index contributed by atoms with van der Waals surface area (Å²) in [5.41, 5.74) is 1.17. The van der Waals surface area contributed by atoms with Gasteiger partial charge >= 0.3 is 6.03 Å². The summed E-state index contributed by atoms with van der Waals surface area (Å²) in [6.45, 7) is 8.31. The number of nitrogens with zero attached hydrogens (tertiary/aromatic N) is 1. The predicted octanol–water partition coefficient (Wildman–Crippen LogP) is 2.08. The molecule has 1 aromatic rings. The molecule has 0 spiro atoms. The van der Waals surface area contributed by atoms with Crippen LogP contribution in [0.4, 0.5) is 10.5 Å². The molecule has 0 saturated heterocycles. The third kappa shape index (κ3) is 4.55. The summed E-state index contributed by atoms with van der Waals surface area (Å²) >= 11 is 0. The molecule has 3 N–H and O–H groups in total. The summed E-state index contributed by atoms with van der Waals surface area (Å²) in [7, 11) is 0. The monoisotopic (exact) mass is 269 g/mol. The molecule has 0 atom stereocenters. The fourth-order valence-corrected chi connectivity index (χ4v) is 1.69. The van der Waals surface area contributed by atoms with E-state index in [2.05, 4.69) is 15.8 Å². The molecule has 1 rings (SSSR count). The first kappa shape index (κ1) is 15.5. The lowest BCUT2D eigenvalue weighted by molar-refractivity contribution is 0.204. The first-order valence-electron chi connectivity index (χ1n) is 6.50. The van der Waals surface area contributed by atoms with Crippen LogP contribution in [0.15, 0.2) is 4.52 Å². The number of nitrogens with one attached hydrogen (secondary N) is 2. The molecule has 1 aromatic heterocycles. The standard InChI is InChI=1S/C13H23N3O3/c1-5-10-11(9(2)16-19-10)15-12(18)14-8-13(3,4)6-7-17/h17H,5-8H2,1-4H3,(H2,14,15,18). The third-order valence-corrected chi connectivity index (χ3v) is 3.01. The molecule has 6 heteroatoms. The highest BCUT2D eigenvalue weighted by Crippen LogP contribution is 2.21. The van der Waals surface area contributed by atoms with E-state index in [-0.39, 0.29) is 18.1 Å². The average Bonchev–Trinajstić information content (AvgIpc) is 2.68. The van der Waals surface area contributed by atoms with E-state index in [0.29, 0.717) is 36.5 Å². The molecule has 0 fully saturated rings. The summed E-state index contributed by atoms with van der Waals surface area (Å²) < 4.78 is 5.10. The number of amides is 2. The number of aryl methyl sites for hydroxylation is 2. The van der Waals surface area contributed by atoms with Crippen LogP contribution in [0.2, 0.25) is 0 Å². The van der Waals surface area contributed by atoms with Crippen molar-refractivity contribution >= 4 is 11.7 Å². The van der Waals surface area contributed by atoms with Crippen LogP contribution in [0.1, 0.15) is 38.6 Å². The van der Waals surface area contributed by atoms with E-state index in [1.807, 2.05) is 20.8 Å². The quantitative estimate of drug-likeness (QED) is 0.737. The lowest BCUT2D eigenvalue weighted by Crippen LogP contribution is -2.37. The minimum atomic E-state index is -0.285. The number of rotatable bonds is 6. The number of aliphatic hydroxyl groups excluding tert-OH is 1. The van der Waals surface area contributed by atoms with E-state index in [1.54, 1.807) is 6.92 Å². The minimum absolute atomic E-state index is 0.112. The number of aliphatic hydroxyl groups is 1. The van der Waals surface area contributed by atoms with Crippen LogP contribution in [-0.2, 0) is 6.42 Å². The zero-order valence-corrected chi connectivity index (χ0v) is 12.0. The van der Waals surface area contributed by atoms with Gasteiger partial charge in [-0.2, -0.15) is 0 Å². The number of aromatic nitrogens is 1. The lowest BCUT2D eigenvalue weighted by atomic mass is 9.90. The van der Waals surface area contributed by atoms with Crippen LogP contribution >= 0.6 is 0 Å². The Kier molecular flexibility index (Phi) is 5.35. The van der Waals surface area contributed by atoms with E-state index >= 15 is 0 Å². The molecule has 19 heavy (non-hydrogen) atoms. The molecule has 0 radical (unpaired) electrons. The van der Waals surface area contributed by atoms with Crippen LogP contribution in [0, 0.1) is 12.3 Å². The van der Waals surface area contributed by atoms with Gasteiger partial charge in [-0.05, 0) is 18.8 Å². The average molecular weight is 269 g/mol. The topological polar surface area (TPSA) is 87.4 Å². The maximum atomic E-state index is 11.8. The van der Waals surface area contributed by atoms with Crippen molar-refractivity contribution in [3.63, 3.8) is 0 Å². The van der Waals surface area contributed by atoms with Crippen molar-refractivity contribution in [2.75, 3.05) is 18.5 Å². The van der Waals surface area contributed by atoms with Crippen LogP contribution in [0.3, 0.4) is 0 Å². The van der Waals surface area contributed by atoms with Gasteiger partial charge in [0.2, 0.25) is 0 Å². The van der Waals surface area contributed by atoms with E-state index in [4.69, 9.17) is 9.63 Å². The Labute approximate surface area is 113 Å². The van der Waals surface area contributed by atoms with Gasteiger partial charge in [-0.3, -0.25) is 0 Å². The van der Waals surface area contributed by atoms with E-state index in [9.17, 15) is 4.79 Å². The van der Waals surface area contributed by atoms with Crippen molar-refractivity contribution < 1.29 is 14.4 Å². The molecule has 0 unspecified atom stereocenters. The van der Waals surface area contributed by atoms with Gasteiger partial charge in [0.05, 0.1) is 0 Å². The van der Waals surface area contributed by atoms with Gasteiger partial charge in [0.15, 0.2) is 5.76 Å². The molecule has 0 aliphatic rings. The van der Waals surface area contributed by atoms with Crippen molar-refractivity contribution in [3.8, 4) is 0 Å². The maximum absolute atomic E-state index is 11.8. The number of hydrogen-bond acceptors (Lipinski definition) is 4. The molecule has 0 aliphatic carbocycles. The zero-order chi connectivity index (χ0) is 14.5. The molecule has 0 aromatic carbocycles. The van der Waals surface area contributed by atoms with Crippen LogP contribution < -0.4 is 10.6 Å². The number of anilines is 1. The number of urea groups is 1. The summed E-state index contributed by atoms with van der Waals surface area (Å²) in [4.78, 5) is 11.8. The highest BCUT2D eigenvalue weighted by molar-refractivity contribution is 5.90. The number of hydrogen-bond donors (Lipinski definition) is 3. The van der Waals surface area contributed by atoms with Gasteiger partial charge in [-0.1, -0.05) is 25.9 Å². The van der Waals surface area contributed by atoms with Crippen molar-refractivity contribution in [2.24, 2.45) is 5.41 Å². The van der Waals surface area contributed by atoms with Gasteiger partial charge in [0, 0.05) is 19.6 Å². The Morgan fingerprint density at radius 3 is 2.74 bits per heavy atom. The molecule has 0 aliphatic heterocycles. The maximum Gasteiger partial charge on any atom is 0.319 e. The van der Waals surface area contributed by atoms with E-state index in [0.717, 1.165) is 0 Å². The fraction of sp³-hybridized carbons (Fsp3) is 0.692. The summed E-state index contributed by atoms with van der Waals surface area (Å²) in [6.07, 6.45) is 1.31. The van der Waals surface area contributed by atoms with Gasteiger partial charge in [-0.15, -0.1) is 0 Å². The van der Waals surface area contributed by atoms with Crippen LogP contribution in [0.5, 0.6) is 0 Å². The number of carbonyl (C=O) groups is 1. The fourth-order valence-electron chi connectivity index (χ4n) is 1.69. The van der Waals surface area contributed by atoms with Crippen molar-refractivity contribution in [3.05, 3.63) is 11.5 Å². The first-order valence-corrected chi connectivity index (χ1v) is 6.50. The minimum Gasteiger partial charge on any atom is -0.396 e. The second-order valence-electron chi connectivity index (χ2n) is 5.37. The Bertz CT molecular complexity index is 427. The molecule has 6 nitrogen and oxygen atoms in total. The molecular formula is C13H23N3O3. The lowest BCUT2D eigenvalue weighted by Gasteiger charge is -2.23. The first-order chi connectivity index (χ1) is 8.89. The molecule has 1 heterocycles. The third-order valence-electron chi connectivity index (χ3n) is 3.01. The Balaban J connectivity index is 2.54. The molecule has 108 valence electrons. The zero-order valence-electron chi connectivity index (χ0n) is 12.0. The Morgan fingerprint density at radius 1 is 1.47 bits per heavy atom. The predicted molar refractivity (Wildman–Crippen MR) is 73.1 cm³/mol. The molecule has 2 amide bonds. The van der Waals surface area contributed by atoms with E-state index in [1.165, 1.54) is 0 Å². The molecule has 0 bridgehead atoms. The highest BCUT2D eigenvalue weighted by Gasteiger charge is 2.19. The number of carbonyl (C=O) groups excluding carboxylic acids is 1. The molecule has 0 saturated carbocycles. The van der Waals surface area contributed by atoms with Crippen molar-refractivity contribution in [1.82, 2.24) is 10.5 Å². The van der Waals surface area contributed by atoms with Crippen molar-refractivity contribution in [2.45, 2.75) is 40.5 Å². The van der Waals surface area contributed by atoms with Gasteiger partial charge in [-0.25, -0.2) is 4.79 Å². The Hall–Kier alpha value is -1.56. The second kappa shape index (κ2) is 6.56. The van der Waals surface area contributed by atoms with Gasteiger partial charge < -0.3 is 20.3 Å². The molecular weight excluding hydrogens is 246 g/mol. The smallest absolute Gasteiger partial charge is 0.319 e. The van der Waals surface area contributed by atoms with Gasteiger partial charge in [0.25, 0.3) is 0 Å². The van der Waals surface area contributed by atoms with Crippen molar-refractivity contribution in [1.29, 1.82) is 0 Å². The van der Waals surface area contributed by atoms with E-state index < -0.39 is 0 Å². The summed E-state index contributed by atoms with van der Waals surface area (Å²) in [5.74, 6) is 0.669. The summed E-state index contributed by atoms with van der Waals surface area (Å²) in [6, 6.07) is -0.285.